The minimum Gasteiger partial charge on any atom is -0.478 e. The zero-order valence-electron chi connectivity index (χ0n) is 13.0. The Bertz CT molecular complexity index is 633. The first-order chi connectivity index (χ1) is 10.5. The monoisotopic (exact) mass is 333 g/mol. The molecule has 1 unspecified atom stereocenters. The van der Waals surface area contributed by atoms with Gasteiger partial charge in [0.15, 0.2) is 5.76 Å². The summed E-state index contributed by atoms with van der Waals surface area (Å²) < 4.78 is 44.5. The Balaban J connectivity index is 2.33. The van der Waals surface area contributed by atoms with Gasteiger partial charge in [-0.15, -0.1) is 0 Å². The highest BCUT2D eigenvalue weighted by atomic mass is 19.4. The molecule has 1 fully saturated rings. The van der Waals surface area contributed by atoms with Gasteiger partial charge in [-0.05, 0) is 20.3 Å². The number of nitrogens with zero attached hydrogens (tertiary/aromatic N) is 1. The molecule has 0 aromatic carbocycles. The smallest absolute Gasteiger partial charge is 0.394 e. The van der Waals surface area contributed by atoms with Gasteiger partial charge in [-0.3, -0.25) is 4.79 Å². The lowest BCUT2D eigenvalue weighted by Crippen LogP contribution is -2.49. The van der Waals surface area contributed by atoms with Gasteiger partial charge in [0, 0.05) is 24.6 Å². The lowest BCUT2D eigenvalue weighted by atomic mass is 9.88. The molecule has 8 heteroatoms. The second kappa shape index (κ2) is 5.58. The van der Waals surface area contributed by atoms with Gasteiger partial charge in [0.25, 0.3) is 5.91 Å². The van der Waals surface area contributed by atoms with E-state index in [4.69, 9.17) is 9.52 Å². The van der Waals surface area contributed by atoms with E-state index in [1.807, 2.05) is 0 Å². The van der Waals surface area contributed by atoms with Crippen LogP contribution in [0, 0.1) is 5.92 Å². The van der Waals surface area contributed by atoms with Crippen LogP contribution in [0.3, 0.4) is 0 Å². The maximum Gasteiger partial charge on any atom is 0.394 e. The number of aromatic carboxylic acids is 1. The number of rotatable bonds is 3. The third-order valence-corrected chi connectivity index (χ3v) is 4.40. The molecule has 1 saturated heterocycles. The molecular weight excluding hydrogens is 315 g/mol. The van der Waals surface area contributed by atoms with Crippen LogP contribution in [0.4, 0.5) is 13.2 Å². The Labute approximate surface area is 131 Å². The molecular formula is C15H18F3NO4. The van der Waals surface area contributed by atoms with Gasteiger partial charge in [0.2, 0.25) is 0 Å². The standard InChI is InChI=1S/C15H18F3NO4/c1-4-9-8(13(21)22)7-10(23-9)12(20)19-6-5-11(14(19,2)3)15(16,17)18/h7,11H,4-6H2,1-3H3,(H,21,22). The van der Waals surface area contributed by atoms with Crippen molar-refractivity contribution in [2.45, 2.75) is 45.3 Å². The van der Waals surface area contributed by atoms with E-state index < -0.39 is 29.5 Å². The number of carboxylic acids is 1. The van der Waals surface area contributed by atoms with E-state index in [0.29, 0.717) is 0 Å². The first kappa shape index (κ1) is 17.4. The Morgan fingerprint density at radius 2 is 2.04 bits per heavy atom. The summed E-state index contributed by atoms with van der Waals surface area (Å²) in [4.78, 5) is 24.7. The number of furan rings is 1. The van der Waals surface area contributed by atoms with Crippen LogP contribution in [-0.2, 0) is 6.42 Å². The molecule has 5 nitrogen and oxygen atoms in total. The van der Waals surface area contributed by atoms with Gasteiger partial charge < -0.3 is 14.4 Å². The number of carboxylic acid groups (broad SMARTS) is 1. The van der Waals surface area contributed by atoms with E-state index >= 15 is 0 Å². The van der Waals surface area contributed by atoms with Crippen molar-refractivity contribution >= 4 is 11.9 Å². The molecule has 1 N–H and O–H groups in total. The van der Waals surface area contributed by atoms with Gasteiger partial charge in [-0.1, -0.05) is 6.92 Å². The Morgan fingerprint density at radius 3 is 2.43 bits per heavy atom. The predicted octanol–water partition coefficient (Wildman–Crippen LogP) is 3.34. The fourth-order valence-electron chi connectivity index (χ4n) is 3.13. The average Bonchev–Trinajstić information content (AvgIpc) is 2.97. The van der Waals surface area contributed by atoms with Crippen molar-refractivity contribution < 1.29 is 32.3 Å². The number of alkyl halides is 3. The number of halogens is 3. The molecule has 23 heavy (non-hydrogen) atoms. The molecule has 1 aliphatic rings. The van der Waals surface area contributed by atoms with Crippen molar-refractivity contribution in [2.24, 2.45) is 5.92 Å². The minimum absolute atomic E-state index is 0.0550. The van der Waals surface area contributed by atoms with E-state index in [1.54, 1.807) is 6.92 Å². The third-order valence-electron chi connectivity index (χ3n) is 4.40. The first-order valence-corrected chi connectivity index (χ1v) is 7.24. The third kappa shape index (κ3) is 2.94. The number of carbonyl (C=O) groups is 2. The van der Waals surface area contributed by atoms with Crippen molar-refractivity contribution in [3.05, 3.63) is 23.2 Å². The second-order valence-corrected chi connectivity index (χ2v) is 6.10. The van der Waals surface area contributed by atoms with Crippen LogP contribution in [0.2, 0.25) is 0 Å². The summed E-state index contributed by atoms with van der Waals surface area (Å²) in [6.07, 6.45) is -4.32. The number of hydrogen-bond donors (Lipinski definition) is 1. The molecule has 2 rings (SSSR count). The van der Waals surface area contributed by atoms with Crippen LogP contribution in [0.5, 0.6) is 0 Å². The number of carbonyl (C=O) groups excluding carboxylic acids is 1. The maximum atomic E-state index is 13.1. The second-order valence-electron chi connectivity index (χ2n) is 6.10. The molecule has 1 amide bonds. The summed E-state index contributed by atoms with van der Waals surface area (Å²) >= 11 is 0. The van der Waals surface area contributed by atoms with Crippen molar-refractivity contribution in [1.82, 2.24) is 4.90 Å². The molecule has 2 heterocycles. The fraction of sp³-hybridized carbons (Fsp3) is 0.600. The highest BCUT2D eigenvalue weighted by molar-refractivity contribution is 5.96. The van der Waals surface area contributed by atoms with Crippen LogP contribution in [0.15, 0.2) is 10.5 Å². The fourth-order valence-corrected chi connectivity index (χ4v) is 3.13. The highest BCUT2D eigenvalue weighted by Gasteiger charge is 2.56. The quantitative estimate of drug-likeness (QED) is 0.921. The van der Waals surface area contributed by atoms with Crippen molar-refractivity contribution in [1.29, 1.82) is 0 Å². The molecule has 1 aromatic rings. The molecule has 0 bridgehead atoms. The molecule has 1 atom stereocenters. The molecule has 0 spiro atoms. The maximum absolute atomic E-state index is 13.1. The molecule has 0 saturated carbocycles. The van der Waals surface area contributed by atoms with E-state index in [2.05, 4.69) is 0 Å². The van der Waals surface area contributed by atoms with Gasteiger partial charge in [-0.2, -0.15) is 13.2 Å². The SMILES string of the molecule is CCc1oc(C(=O)N2CCC(C(F)(F)F)C2(C)C)cc1C(=O)O. The Kier molecular flexibility index (Phi) is 4.21. The van der Waals surface area contributed by atoms with E-state index in [9.17, 15) is 22.8 Å². The van der Waals surface area contributed by atoms with Gasteiger partial charge in [-0.25, -0.2) is 4.79 Å². The number of amides is 1. The lowest BCUT2D eigenvalue weighted by molar-refractivity contribution is -0.189. The largest absolute Gasteiger partial charge is 0.478 e. The number of hydrogen-bond acceptors (Lipinski definition) is 3. The summed E-state index contributed by atoms with van der Waals surface area (Å²) in [7, 11) is 0. The minimum atomic E-state index is -4.40. The van der Waals surface area contributed by atoms with Crippen LogP contribution in [-0.4, -0.2) is 40.1 Å². The van der Waals surface area contributed by atoms with Crippen LogP contribution in [0.1, 0.15) is 53.9 Å². The molecule has 1 aromatic heterocycles. The summed E-state index contributed by atoms with van der Waals surface area (Å²) in [5.41, 5.74) is -1.56. The molecule has 1 aliphatic heterocycles. The van der Waals surface area contributed by atoms with Gasteiger partial charge in [0.05, 0.1) is 5.92 Å². The zero-order valence-corrected chi connectivity index (χ0v) is 13.0. The lowest BCUT2D eigenvalue weighted by Gasteiger charge is -2.36. The summed E-state index contributed by atoms with van der Waals surface area (Å²) in [5.74, 6) is -3.69. The Morgan fingerprint density at radius 1 is 1.43 bits per heavy atom. The molecule has 128 valence electrons. The summed E-state index contributed by atoms with van der Waals surface area (Å²) in [5, 5.41) is 9.07. The summed E-state index contributed by atoms with van der Waals surface area (Å²) in [6, 6.07) is 1.08. The van der Waals surface area contributed by atoms with Crippen molar-refractivity contribution in [2.75, 3.05) is 6.54 Å². The summed E-state index contributed by atoms with van der Waals surface area (Å²) in [6.45, 7) is 4.33. The van der Waals surface area contributed by atoms with E-state index in [1.165, 1.54) is 13.8 Å². The topological polar surface area (TPSA) is 70.8 Å². The van der Waals surface area contributed by atoms with Crippen LogP contribution >= 0.6 is 0 Å². The molecule has 0 radical (unpaired) electrons. The average molecular weight is 333 g/mol. The van der Waals surface area contributed by atoms with E-state index in [-0.39, 0.29) is 36.5 Å². The Hall–Kier alpha value is -1.99. The normalized spacial score (nSPS) is 20.8. The highest BCUT2D eigenvalue weighted by Crippen LogP contribution is 2.45. The van der Waals surface area contributed by atoms with E-state index in [0.717, 1.165) is 11.0 Å². The van der Waals surface area contributed by atoms with Gasteiger partial charge in [0.1, 0.15) is 11.3 Å². The van der Waals surface area contributed by atoms with Crippen LogP contribution < -0.4 is 0 Å². The van der Waals surface area contributed by atoms with Crippen LogP contribution in [0.25, 0.3) is 0 Å². The van der Waals surface area contributed by atoms with Crippen molar-refractivity contribution in [3.8, 4) is 0 Å². The molecule has 0 aliphatic carbocycles. The van der Waals surface area contributed by atoms with Crippen molar-refractivity contribution in [3.63, 3.8) is 0 Å². The predicted molar refractivity (Wildman–Crippen MR) is 74.3 cm³/mol. The van der Waals surface area contributed by atoms with Gasteiger partial charge >= 0.3 is 12.1 Å². The zero-order chi connectivity index (χ0) is 17.6. The number of likely N-dealkylation sites (tertiary alicyclic amines) is 1. The number of aryl methyl sites for hydroxylation is 1. The first-order valence-electron chi connectivity index (χ1n) is 7.24.